The quantitative estimate of drug-likeness (QED) is 0.142. The molecule has 49 heavy (non-hydrogen) atoms. The second-order valence-electron chi connectivity index (χ2n) is 12.9. The highest BCUT2D eigenvalue weighted by Gasteiger charge is 2.20. The maximum atomic E-state index is 5.19. The summed E-state index contributed by atoms with van der Waals surface area (Å²) in [6.07, 6.45) is 1.89. The summed E-state index contributed by atoms with van der Waals surface area (Å²) in [5, 5.41) is 12.0. The molecule has 0 unspecified atom stereocenters. The Kier molecular flexibility index (Phi) is 5.38. The minimum atomic E-state index is 0.941. The van der Waals surface area contributed by atoms with E-state index in [1.807, 2.05) is 12.3 Å². The number of fused-ring (bicyclic) bond motifs is 13. The van der Waals surface area contributed by atoms with Gasteiger partial charge in [-0.25, -0.2) is 4.98 Å². The van der Waals surface area contributed by atoms with E-state index in [0.717, 1.165) is 43.9 Å². The van der Waals surface area contributed by atoms with Gasteiger partial charge in [0.1, 0.15) is 5.65 Å². The van der Waals surface area contributed by atoms with Gasteiger partial charge < -0.3 is 0 Å². The topological polar surface area (TPSA) is 30.2 Å². The highest BCUT2D eigenvalue weighted by Crippen LogP contribution is 2.46. The first-order valence-corrected chi connectivity index (χ1v) is 16.8. The second-order valence-corrected chi connectivity index (χ2v) is 12.9. The van der Waals surface area contributed by atoms with Gasteiger partial charge in [0.15, 0.2) is 0 Å². The summed E-state index contributed by atoms with van der Waals surface area (Å²) < 4.78 is 2.32. The van der Waals surface area contributed by atoms with Crippen molar-refractivity contribution in [3.05, 3.63) is 164 Å². The Balaban J connectivity index is 1.30. The van der Waals surface area contributed by atoms with Gasteiger partial charge in [-0.3, -0.25) is 9.38 Å². The van der Waals surface area contributed by atoms with E-state index >= 15 is 0 Å². The lowest BCUT2D eigenvalue weighted by Gasteiger charge is -2.19. The standard InChI is InChI=1S/C46H27N3/c1-2-14-31-28(11-1)12-9-19-32(31)43-35-17-5-3-15-33(35)42(34-16-4-6-18-36(34)43)30-23-25-40-38(27-30)37-24-22-29-13-10-26-47-45(29)44(37)46-48-39-20-7-8-21-41(39)49(40)46/h1-27H. The predicted molar refractivity (Wildman–Crippen MR) is 206 cm³/mol. The lowest BCUT2D eigenvalue weighted by atomic mass is 9.84. The first-order valence-electron chi connectivity index (χ1n) is 16.8. The van der Waals surface area contributed by atoms with E-state index < -0.39 is 0 Å². The van der Waals surface area contributed by atoms with Crippen LogP contribution in [0.1, 0.15) is 0 Å². The third-order valence-electron chi connectivity index (χ3n) is 10.4. The van der Waals surface area contributed by atoms with Crippen molar-refractivity contribution in [2.24, 2.45) is 0 Å². The van der Waals surface area contributed by atoms with Gasteiger partial charge in [-0.05, 0) is 90.3 Å². The number of aromatic nitrogens is 3. The van der Waals surface area contributed by atoms with E-state index in [4.69, 9.17) is 9.97 Å². The molecule has 3 heterocycles. The molecule has 0 aliphatic heterocycles. The van der Waals surface area contributed by atoms with Gasteiger partial charge in [-0.1, -0.05) is 127 Å². The number of pyridine rings is 2. The highest BCUT2D eigenvalue weighted by molar-refractivity contribution is 6.26. The monoisotopic (exact) mass is 621 g/mol. The molecule has 0 saturated carbocycles. The maximum absolute atomic E-state index is 5.19. The van der Waals surface area contributed by atoms with Crippen molar-refractivity contribution in [3.8, 4) is 22.3 Å². The summed E-state index contributed by atoms with van der Waals surface area (Å²) in [6, 6.07) is 57.2. The van der Waals surface area contributed by atoms with Crippen LogP contribution >= 0.6 is 0 Å². The molecule has 0 aliphatic rings. The molecule has 11 rings (SSSR count). The molecular formula is C46H27N3. The molecule has 0 aliphatic carbocycles. The number of nitrogens with zero attached hydrogens (tertiary/aromatic N) is 3. The Bertz CT molecular complexity index is 3110. The van der Waals surface area contributed by atoms with E-state index in [-0.39, 0.29) is 0 Å². The number of imidazole rings is 1. The molecule has 0 fully saturated rings. The van der Waals surface area contributed by atoms with Crippen LogP contribution in [0.5, 0.6) is 0 Å². The Morgan fingerprint density at radius 3 is 1.92 bits per heavy atom. The van der Waals surface area contributed by atoms with Crippen LogP contribution < -0.4 is 0 Å². The first kappa shape index (κ1) is 26.5. The molecule has 0 saturated heterocycles. The van der Waals surface area contributed by atoms with Crippen LogP contribution in [0.4, 0.5) is 0 Å². The molecular weight excluding hydrogens is 595 g/mol. The van der Waals surface area contributed by atoms with Gasteiger partial charge in [0, 0.05) is 17.0 Å². The minimum Gasteiger partial charge on any atom is -0.292 e. The van der Waals surface area contributed by atoms with Crippen LogP contribution in [0.3, 0.4) is 0 Å². The summed E-state index contributed by atoms with van der Waals surface area (Å²) in [7, 11) is 0. The Labute approximate surface area is 281 Å². The van der Waals surface area contributed by atoms with Crippen molar-refractivity contribution in [1.29, 1.82) is 0 Å². The SMILES string of the molecule is c1ccc2c(-c3c4ccccc4c(-c4ccc5c(c4)c4ccc6cccnc6c4c4nc6ccccc6n54)c4ccccc34)cccc2c1. The number of para-hydroxylation sites is 2. The van der Waals surface area contributed by atoms with E-state index in [1.165, 1.54) is 60.0 Å². The largest absolute Gasteiger partial charge is 0.292 e. The molecule has 226 valence electrons. The van der Waals surface area contributed by atoms with Crippen LogP contribution in [0.2, 0.25) is 0 Å². The van der Waals surface area contributed by atoms with Crippen molar-refractivity contribution >= 4 is 81.6 Å². The molecule has 0 N–H and O–H groups in total. The molecule has 3 heteroatoms. The number of benzene rings is 8. The normalized spacial score (nSPS) is 12.1. The zero-order valence-electron chi connectivity index (χ0n) is 26.4. The van der Waals surface area contributed by atoms with Gasteiger partial charge >= 0.3 is 0 Å². The van der Waals surface area contributed by atoms with Gasteiger partial charge in [0.25, 0.3) is 0 Å². The van der Waals surface area contributed by atoms with Gasteiger partial charge in [-0.2, -0.15) is 0 Å². The van der Waals surface area contributed by atoms with Crippen LogP contribution in [0.15, 0.2) is 164 Å². The molecule has 0 bridgehead atoms. The summed E-state index contributed by atoms with van der Waals surface area (Å²) in [5.41, 5.74) is 10.1. The van der Waals surface area contributed by atoms with E-state index in [2.05, 4.69) is 156 Å². The van der Waals surface area contributed by atoms with Gasteiger partial charge in [-0.15, -0.1) is 0 Å². The van der Waals surface area contributed by atoms with Crippen molar-refractivity contribution in [2.45, 2.75) is 0 Å². The summed E-state index contributed by atoms with van der Waals surface area (Å²) >= 11 is 0. The Hall–Kier alpha value is -6.58. The van der Waals surface area contributed by atoms with E-state index in [9.17, 15) is 0 Å². The van der Waals surface area contributed by atoms with Crippen molar-refractivity contribution in [1.82, 2.24) is 14.4 Å². The lowest BCUT2D eigenvalue weighted by molar-refractivity contribution is 1.31. The predicted octanol–water partition coefficient (Wildman–Crippen LogP) is 12.1. The number of hydrogen-bond acceptors (Lipinski definition) is 2. The fourth-order valence-corrected chi connectivity index (χ4v) is 8.31. The molecule has 0 spiro atoms. The Morgan fingerprint density at radius 1 is 0.429 bits per heavy atom. The maximum Gasteiger partial charge on any atom is 0.148 e. The van der Waals surface area contributed by atoms with Gasteiger partial charge in [0.2, 0.25) is 0 Å². The molecule has 0 atom stereocenters. The number of rotatable bonds is 2. The zero-order chi connectivity index (χ0) is 32.1. The third kappa shape index (κ3) is 3.67. The average molecular weight is 622 g/mol. The minimum absolute atomic E-state index is 0.941. The van der Waals surface area contributed by atoms with Crippen molar-refractivity contribution in [2.75, 3.05) is 0 Å². The van der Waals surface area contributed by atoms with Crippen LogP contribution in [-0.2, 0) is 0 Å². The lowest BCUT2D eigenvalue weighted by Crippen LogP contribution is -1.95. The average Bonchev–Trinajstić information content (AvgIpc) is 3.56. The summed E-state index contributed by atoms with van der Waals surface area (Å²) in [5.74, 6) is 0. The van der Waals surface area contributed by atoms with E-state index in [1.54, 1.807) is 0 Å². The fraction of sp³-hybridized carbons (Fsp3) is 0. The second kappa shape index (κ2) is 9.96. The summed E-state index contributed by atoms with van der Waals surface area (Å²) in [6.45, 7) is 0. The number of hydrogen-bond donors (Lipinski definition) is 0. The zero-order valence-corrected chi connectivity index (χ0v) is 26.4. The third-order valence-corrected chi connectivity index (χ3v) is 10.4. The first-order chi connectivity index (χ1) is 24.3. The van der Waals surface area contributed by atoms with Crippen molar-refractivity contribution in [3.63, 3.8) is 0 Å². The van der Waals surface area contributed by atoms with Crippen LogP contribution in [0, 0.1) is 0 Å². The molecule has 3 nitrogen and oxygen atoms in total. The molecule has 0 amide bonds. The van der Waals surface area contributed by atoms with Crippen LogP contribution in [-0.4, -0.2) is 14.4 Å². The highest BCUT2D eigenvalue weighted by atomic mass is 15.0. The fourth-order valence-electron chi connectivity index (χ4n) is 8.31. The molecule has 3 aromatic heterocycles. The Morgan fingerprint density at radius 2 is 1.10 bits per heavy atom. The summed E-state index contributed by atoms with van der Waals surface area (Å²) in [4.78, 5) is 10.1. The molecule has 11 aromatic rings. The molecule has 8 aromatic carbocycles. The smallest absolute Gasteiger partial charge is 0.148 e. The van der Waals surface area contributed by atoms with Crippen LogP contribution in [0.25, 0.3) is 104 Å². The van der Waals surface area contributed by atoms with E-state index in [0.29, 0.717) is 0 Å². The van der Waals surface area contributed by atoms with Crippen molar-refractivity contribution < 1.29 is 0 Å². The molecule has 0 radical (unpaired) electrons. The van der Waals surface area contributed by atoms with Gasteiger partial charge in [0.05, 0.1) is 27.5 Å².